The second kappa shape index (κ2) is 12.6. The molecular weight excluding hydrogens is 569 g/mol. The van der Waals surface area contributed by atoms with Crippen molar-refractivity contribution in [3.63, 3.8) is 0 Å². The van der Waals surface area contributed by atoms with Crippen molar-refractivity contribution in [2.24, 2.45) is 11.1 Å². The van der Waals surface area contributed by atoms with Gasteiger partial charge in [-0.2, -0.15) is 0 Å². The molecule has 44 heavy (non-hydrogen) atoms. The molecule has 2 aromatic heterocycles. The summed E-state index contributed by atoms with van der Waals surface area (Å²) in [6.07, 6.45) is 6.01. The van der Waals surface area contributed by atoms with Gasteiger partial charge in [0.1, 0.15) is 11.2 Å². The summed E-state index contributed by atoms with van der Waals surface area (Å²) in [6, 6.07) is 8.06. The van der Waals surface area contributed by atoms with E-state index in [2.05, 4.69) is 20.6 Å². The Labute approximate surface area is 254 Å². The molecule has 1 aliphatic carbocycles. The van der Waals surface area contributed by atoms with Crippen molar-refractivity contribution in [3.8, 4) is 22.6 Å². The second-order valence-electron chi connectivity index (χ2n) is 12.1. The number of ether oxygens (including phenoxy) is 3. The van der Waals surface area contributed by atoms with E-state index in [0.29, 0.717) is 47.3 Å². The number of carbonyl (C=O) groups excluding carboxylic acids is 2. The maximum Gasteiger partial charge on any atom is 0.317 e. The smallest absolute Gasteiger partial charge is 0.317 e. The lowest BCUT2D eigenvalue weighted by atomic mass is 9.83. The zero-order chi connectivity index (χ0) is 30.7. The Morgan fingerprint density at radius 1 is 1.05 bits per heavy atom. The zero-order valence-corrected chi connectivity index (χ0v) is 24.7. The molecule has 12 nitrogen and oxygen atoms in total. The highest BCUT2D eigenvalue weighted by Crippen LogP contribution is 2.38. The number of rotatable bonds is 8. The van der Waals surface area contributed by atoms with E-state index < -0.39 is 29.2 Å². The lowest BCUT2D eigenvalue weighted by molar-refractivity contribution is -0.243. The van der Waals surface area contributed by atoms with Gasteiger partial charge in [-0.3, -0.25) is 9.59 Å². The number of piperidine rings is 1. The van der Waals surface area contributed by atoms with E-state index in [0.717, 1.165) is 45.2 Å². The summed E-state index contributed by atoms with van der Waals surface area (Å²) in [4.78, 5) is 42.8. The number of benzene rings is 1. The van der Waals surface area contributed by atoms with Gasteiger partial charge in [0, 0.05) is 17.8 Å². The molecule has 3 fully saturated rings. The average molecular weight is 608 g/mol. The summed E-state index contributed by atoms with van der Waals surface area (Å²) in [5.41, 5.74) is 5.60. The number of nitrogens with two attached hydrogens (primary N) is 1. The van der Waals surface area contributed by atoms with Crippen molar-refractivity contribution in [2.45, 2.75) is 69.8 Å². The fourth-order valence-electron chi connectivity index (χ4n) is 5.93. The number of primary amides is 1. The molecule has 2 saturated heterocycles. The number of carbonyl (C=O) groups is 2. The fraction of sp³-hybridized carbons (Fsp3) is 0.516. The molecule has 0 unspecified atom stereocenters. The third-order valence-electron chi connectivity index (χ3n) is 8.64. The van der Waals surface area contributed by atoms with Crippen molar-refractivity contribution in [3.05, 3.63) is 48.2 Å². The van der Waals surface area contributed by atoms with Gasteiger partial charge in [0.2, 0.25) is 12.2 Å². The van der Waals surface area contributed by atoms with Crippen molar-refractivity contribution < 1.29 is 28.2 Å². The molecule has 234 valence electrons. The van der Waals surface area contributed by atoms with Gasteiger partial charge in [-0.25, -0.2) is 19.3 Å². The molecule has 3 aliphatic rings. The maximum atomic E-state index is 13.8. The van der Waals surface area contributed by atoms with Crippen molar-refractivity contribution in [1.82, 2.24) is 25.3 Å². The topological polar surface area (TPSA) is 166 Å². The number of halogens is 1. The SMILES string of the molecule is CC1(C(=O)OC2(C(N)=O)CCCCC2)COC(c2nc(-c3ccc(F)cc3)c(-c3ccnc(NC4CCNCC4)n3)[nH]2)OC1. The number of hydrogen-bond acceptors (Lipinski definition) is 10. The summed E-state index contributed by atoms with van der Waals surface area (Å²) in [6.45, 7) is 3.49. The van der Waals surface area contributed by atoms with Gasteiger partial charge in [0.05, 0.1) is 30.3 Å². The lowest BCUT2D eigenvalue weighted by Gasteiger charge is -2.39. The van der Waals surface area contributed by atoms with Crippen LogP contribution in [0, 0.1) is 11.2 Å². The number of H-pyrrole nitrogens is 1. The Morgan fingerprint density at radius 3 is 2.43 bits per heavy atom. The monoisotopic (exact) mass is 607 g/mol. The molecule has 0 radical (unpaired) electrons. The first kappa shape index (κ1) is 30.1. The summed E-state index contributed by atoms with van der Waals surface area (Å²) >= 11 is 0. The number of imidazole rings is 1. The Kier molecular flexibility index (Phi) is 8.61. The molecule has 4 heterocycles. The lowest BCUT2D eigenvalue weighted by Crippen LogP contribution is -2.53. The van der Waals surface area contributed by atoms with Gasteiger partial charge < -0.3 is 35.6 Å². The third-order valence-corrected chi connectivity index (χ3v) is 8.64. The van der Waals surface area contributed by atoms with E-state index in [9.17, 15) is 14.0 Å². The van der Waals surface area contributed by atoms with E-state index in [1.54, 1.807) is 31.3 Å². The molecule has 0 bridgehead atoms. The normalized spacial score (nSPS) is 24.0. The molecule has 0 atom stereocenters. The van der Waals surface area contributed by atoms with Crippen LogP contribution >= 0.6 is 0 Å². The highest BCUT2D eigenvalue weighted by molar-refractivity contribution is 5.88. The Hall–Kier alpha value is -3.94. The van der Waals surface area contributed by atoms with Gasteiger partial charge in [-0.1, -0.05) is 6.42 Å². The second-order valence-corrected chi connectivity index (χ2v) is 12.1. The Morgan fingerprint density at radius 2 is 1.75 bits per heavy atom. The fourth-order valence-corrected chi connectivity index (χ4v) is 5.93. The van der Waals surface area contributed by atoms with E-state index in [4.69, 9.17) is 29.9 Å². The van der Waals surface area contributed by atoms with E-state index in [-0.39, 0.29) is 25.1 Å². The molecule has 3 aromatic rings. The van der Waals surface area contributed by atoms with Crippen LogP contribution in [0.15, 0.2) is 36.5 Å². The highest BCUT2D eigenvalue weighted by Gasteiger charge is 2.48. The standard InChI is InChI=1S/C31H38FN7O5/c1-30(28(41)44-31(27(33)40)12-3-2-4-13-31)17-42-26(43-18-30)25-38-23(19-5-7-20(32)8-6-19)24(39-25)22-11-16-35-29(37-22)36-21-9-14-34-15-10-21/h5-8,11,16,21,26,34H,2-4,9-10,12-15,17-18H2,1H3,(H2,33,40)(H,38,39)(H,35,36,37). The van der Waals surface area contributed by atoms with Gasteiger partial charge in [-0.15, -0.1) is 0 Å². The summed E-state index contributed by atoms with van der Waals surface area (Å²) in [5, 5.41) is 6.77. The van der Waals surface area contributed by atoms with Gasteiger partial charge >= 0.3 is 5.97 Å². The quantitative estimate of drug-likeness (QED) is 0.278. The number of esters is 1. The molecule has 0 spiro atoms. The van der Waals surface area contributed by atoms with Crippen LogP contribution in [0.2, 0.25) is 0 Å². The largest absolute Gasteiger partial charge is 0.448 e. The molecule has 2 aliphatic heterocycles. The minimum Gasteiger partial charge on any atom is -0.448 e. The van der Waals surface area contributed by atoms with E-state index in [1.807, 2.05) is 0 Å². The number of anilines is 1. The average Bonchev–Trinajstić information content (AvgIpc) is 3.48. The molecular formula is C31H38FN7O5. The molecule has 1 saturated carbocycles. The number of nitrogens with zero attached hydrogens (tertiary/aromatic N) is 3. The Balaban J connectivity index is 1.22. The van der Waals surface area contributed by atoms with Crippen LogP contribution in [-0.4, -0.2) is 69.8 Å². The maximum absolute atomic E-state index is 13.8. The van der Waals surface area contributed by atoms with E-state index >= 15 is 0 Å². The molecule has 13 heteroatoms. The predicted octanol–water partition coefficient (Wildman–Crippen LogP) is 3.62. The predicted molar refractivity (Wildman–Crippen MR) is 158 cm³/mol. The summed E-state index contributed by atoms with van der Waals surface area (Å²) < 4.78 is 31.6. The first-order valence-electron chi connectivity index (χ1n) is 15.2. The van der Waals surface area contributed by atoms with Crippen LogP contribution in [-0.2, 0) is 23.8 Å². The third kappa shape index (κ3) is 6.30. The van der Waals surface area contributed by atoms with Crippen LogP contribution in [0.4, 0.5) is 10.3 Å². The van der Waals surface area contributed by atoms with Crippen molar-refractivity contribution in [1.29, 1.82) is 0 Å². The van der Waals surface area contributed by atoms with Crippen LogP contribution in [0.3, 0.4) is 0 Å². The zero-order valence-electron chi connectivity index (χ0n) is 24.7. The number of nitrogens with one attached hydrogen (secondary N) is 3. The number of amides is 1. The van der Waals surface area contributed by atoms with Gasteiger partial charge in [0.15, 0.2) is 11.4 Å². The summed E-state index contributed by atoms with van der Waals surface area (Å²) in [5.74, 6) is -0.708. The van der Waals surface area contributed by atoms with Crippen LogP contribution < -0.4 is 16.4 Å². The minimum atomic E-state index is -1.30. The number of aromatic nitrogens is 4. The molecule has 1 amide bonds. The van der Waals surface area contributed by atoms with Crippen LogP contribution in [0.5, 0.6) is 0 Å². The summed E-state index contributed by atoms with van der Waals surface area (Å²) in [7, 11) is 0. The number of hydrogen-bond donors (Lipinski definition) is 4. The highest BCUT2D eigenvalue weighted by atomic mass is 19.1. The minimum absolute atomic E-state index is 0.0227. The first-order valence-corrected chi connectivity index (χ1v) is 15.2. The van der Waals surface area contributed by atoms with Crippen LogP contribution in [0.25, 0.3) is 22.6 Å². The molecule has 1 aromatic carbocycles. The van der Waals surface area contributed by atoms with Crippen molar-refractivity contribution >= 4 is 17.8 Å². The number of aromatic amines is 1. The van der Waals surface area contributed by atoms with E-state index in [1.165, 1.54) is 12.1 Å². The Bertz CT molecular complexity index is 1480. The molecule has 5 N–H and O–H groups in total. The van der Waals surface area contributed by atoms with Gasteiger partial charge in [0.25, 0.3) is 5.91 Å². The first-order chi connectivity index (χ1) is 21.2. The molecule has 6 rings (SSSR count). The van der Waals surface area contributed by atoms with Crippen molar-refractivity contribution in [2.75, 3.05) is 31.6 Å². The van der Waals surface area contributed by atoms with Gasteiger partial charge in [-0.05, 0) is 88.9 Å². The van der Waals surface area contributed by atoms with Crippen LogP contribution in [0.1, 0.15) is 64.0 Å².